The van der Waals surface area contributed by atoms with E-state index in [4.69, 9.17) is 0 Å². The minimum absolute atomic E-state index is 0.702. The lowest BCUT2D eigenvalue weighted by atomic mass is 10.1. The molecule has 0 saturated carbocycles. The zero-order valence-electron chi connectivity index (χ0n) is 11.7. The standard InChI is InChI=1S/C15H25N3/c1-13(2)11-16-12-14-6-7-17-15(10-14)18-8-4-3-5-9-18/h6-7,10,13,16H,3-5,8-9,11-12H2,1-2H3. The summed E-state index contributed by atoms with van der Waals surface area (Å²) in [4.78, 5) is 6.92. The maximum Gasteiger partial charge on any atom is 0.128 e. The van der Waals surface area contributed by atoms with Gasteiger partial charge in [-0.15, -0.1) is 0 Å². The average Bonchev–Trinajstić information content (AvgIpc) is 2.40. The summed E-state index contributed by atoms with van der Waals surface area (Å²) in [5.41, 5.74) is 1.34. The van der Waals surface area contributed by atoms with Crippen LogP contribution in [0.15, 0.2) is 18.3 Å². The lowest BCUT2D eigenvalue weighted by molar-refractivity contribution is 0.551. The maximum atomic E-state index is 4.50. The van der Waals surface area contributed by atoms with Gasteiger partial charge < -0.3 is 10.2 Å². The first kappa shape index (κ1) is 13.3. The van der Waals surface area contributed by atoms with Gasteiger partial charge in [0.05, 0.1) is 0 Å². The largest absolute Gasteiger partial charge is 0.357 e. The Kier molecular flexibility index (Phi) is 5.00. The summed E-state index contributed by atoms with van der Waals surface area (Å²) in [6.45, 7) is 8.81. The number of hydrogen-bond acceptors (Lipinski definition) is 3. The van der Waals surface area contributed by atoms with Gasteiger partial charge in [0.15, 0.2) is 0 Å². The Morgan fingerprint density at radius 2 is 2.06 bits per heavy atom. The first-order valence-electron chi connectivity index (χ1n) is 7.16. The van der Waals surface area contributed by atoms with E-state index in [1.165, 1.54) is 24.8 Å². The maximum absolute atomic E-state index is 4.50. The van der Waals surface area contributed by atoms with Crippen LogP contribution in [0.2, 0.25) is 0 Å². The lowest BCUT2D eigenvalue weighted by Gasteiger charge is -2.28. The van der Waals surface area contributed by atoms with Crippen LogP contribution < -0.4 is 10.2 Å². The molecule has 0 unspecified atom stereocenters. The molecule has 1 aliphatic heterocycles. The van der Waals surface area contributed by atoms with E-state index in [1.54, 1.807) is 0 Å². The van der Waals surface area contributed by atoms with Crippen LogP contribution in [0, 0.1) is 5.92 Å². The van der Waals surface area contributed by atoms with Crippen molar-refractivity contribution < 1.29 is 0 Å². The van der Waals surface area contributed by atoms with E-state index in [-0.39, 0.29) is 0 Å². The van der Waals surface area contributed by atoms with Gasteiger partial charge in [-0.3, -0.25) is 0 Å². The van der Waals surface area contributed by atoms with Crippen molar-refractivity contribution in [1.82, 2.24) is 10.3 Å². The molecule has 2 rings (SSSR count). The summed E-state index contributed by atoms with van der Waals surface area (Å²) < 4.78 is 0. The highest BCUT2D eigenvalue weighted by Crippen LogP contribution is 2.18. The Morgan fingerprint density at radius 1 is 1.28 bits per heavy atom. The molecule has 1 saturated heterocycles. The Hall–Kier alpha value is -1.09. The van der Waals surface area contributed by atoms with Crippen molar-refractivity contribution in [3.63, 3.8) is 0 Å². The highest BCUT2D eigenvalue weighted by atomic mass is 15.2. The number of pyridine rings is 1. The van der Waals surface area contributed by atoms with Crippen molar-refractivity contribution >= 4 is 5.82 Å². The Labute approximate surface area is 111 Å². The molecule has 0 amide bonds. The van der Waals surface area contributed by atoms with Gasteiger partial charge in [-0.05, 0) is 49.4 Å². The average molecular weight is 247 g/mol. The number of aromatic nitrogens is 1. The van der Waals surface area contributed by atoms with Gasteiger partial charge in [0.1, 0.15) is 5.82 Å². The number of rotatable bonds is 5. The Balaban J connectivity index is 1.91. The van der Waals surface area contributed by atoms with Crippen LogP contribution in [-0.4, -0.2) is 24.6 Å². The van der Waals surface area contributed by atoms with Gasteiger partial charge in [0.2, 0.25) is 0 Å². The highest BCUT2D eigenvalue weighted by molar-refractivity contribution is 5.41. The smallest absolute Gasteiger partial charge is 0.128 e. The van der Waals surface area contributed by atoms with Gasteiger partial charge in [-0.2, -0.15) is 0 Å². The van der Waals surface area contributed by atoms with Gasteiger partial charge in [0, 0.05) is 25.8 Å². The SMILES string of the molecule is CC(C)CNCc1ccnc(N2CCCCC2)c1. The molecule has 0 aromatic carbocycles. The fourth-order valence-electron chi connectivity index (χ4n) is 2.37. The predicted molar refractivity (Wildman–Crippen MR) is 76.8 cm³/mol. The Bertz CT molecular complexity index is 357. The van der Waals surface area contributed by atoms with Crippen molar-refractivity contribution in [2.75, 3.05) is 24.5 Å². The molecule has 3 heteroatoms. The van der Waals surface area contributed by atoms with E-state index < -0.39 is 0 Å². The van der Waals surface area contributed by atoms with Crippen molar-refractivity contribution in [3.05, 3.63) is 23.9 Å². The fourth-order valence-corrected chi connectivity index (χ4v) is 2.37. The fraction of sp³-hybridized carbons (Fsp3) is 0.667. The molecule has 0 bridgehead atoms. The van der Waals surface area contributed by atoms with Crippen LogP contribution in [0.4, 0.5) is 5.82 Å². The minimum atomic E-state index is 0.702. The van der Waals surface area contributed by atoms with Crippen LogP contribution in [0.1, 0.15) is 38.7 Å². The topological polar surface area (TPSA) is 28.2 Å². The van der Waals surface area contributed by atoms with Crippen LogP contribution in [-0.2, 0) is 6.54 Å². The molecule has 1 aromatic rings. The third kappa shape index (κ3) is 3.98. The molecule has 0 spiro atoms. The molecule has 100 valence electrons. The normalized spacial score (nSPS) is 16.3. The van der Waals surface area contributed by atoms with Crippen LogP contribution in [0.5, 0.6) is 0 Å². The van der Waals surface area contributed by atoms with Gasteiger partial charge >= 0.3 is 0 Å². The quantitative estimate of drug-likeness (QED) is 0.867. The third-order valence-corrected chi connectivity index (χ3v) is 3.37. The first-order valence-corrected chi connectivity index (χ1v) is 7.16. The molecule has 0 atom stereocenters. The molecule has 1 fully saturated rings. The number of anilines is 1. The number of hydrogen-bond donors (Lipinski definition) is 1. The molecule has 18 heavy (non-hydrogen) atoms. The number of nitrogens with zero attached hydrogens (tertiary/aromatic N) is 2. The highest BCUT2D eigenvalue weighted by Gasteiger charge is 2.11. The van der Waals surface area contributed by atoms with Crippen LogP contribution in [0.25, 0.3) is 0 Å². The first-order chi connectivity index (χ1) is 8.75. The zero-order chi connectivity index (χ0) is 12.8. The summed E-state index contributed by atoms with van der Waals surface area (Å²) >= 11 is 0. The molecule has 1 aliphatic rings. The van der Waals surface area contributed by atoms with E-state index in [9.17, 15) is 0 Å². The van der Waals surface area contributed by atoms with Crippen LogP contribution in [0.3, 0.4) is 0 Å². The van der Waals surface area contributed by atoms with E-state index in [0.717, 1.165) is 32.0 Å². The summed E-state index contributed by atoms with van der Waals surface area (Å²) in [7, 11) is 0. The van der Waals surface area contributed by atoms with E-state index in [0.29, 0.717) is 5.92 Å². The second-order valence-electron chi connectivity index (χ2n) is 5.59. The monoisotopic (exact) mass is 247 g/mol. The molecular formula is C15H25N3. The molecule has 3 nitrogen and oxygen atoms in total. The second-order valence-corrected chi connectivity index (χ2v) is 5.59. The molecule has 1 N–H and O–H groups in total. The lowest BCUT2D eigenvalue weighted by Crippen LogP contribution is -2.30. The second kappa shape index (κ2) is 6.74. The van der Waals surface area contributed by atoms with Crippen molar-refractivity contribution in [1.29, 1.82) is 0 Å². The summed E-state index contributed by atoms with van der Waals surface area (Å²) in [5, 5.41) is 3.48. The summed E-state index contributed by atoms with van der Waals surface area (Å²) in [6.07, 6.45) is 5.91. The molecule has 0 radical (unpaired) electrons. The van der Waals surface area contributed by atoms with Crippen molar-refractivity contribution in [2.45, 2.75) is 39.7 Å². The zero-order valence-corrected chi connectivity index (χ0v) is 11.7. The third-order valence-electron chi connectivity index (χ3n) is 3.37. The minimum Gasteiger partial charge on any atom is -0.357 e. The molecule has 1 aromatic heterocycles. The van der Waals surface area contributed by atoms with Crippen molar-refractivity contribution in [2.24, 2.45) is 5.92 Å². The predicted octanol–water partition coefficient (Wildman–Crippen LogP) is 2.82. The van der Waals surface area contributed by atoms with Gasteiger partial charge in [0.25, 0.3) is 0 Å². The van der Waals surface area contributed by atoms with Crippen LogP contribution >= 0.6 is 0 Å². The van der Waals surface area contributed by atoms with E-state index in [2.05, 4.69) is 41.2 Å². The number of nitrogens with one attached hydrogen (secondary N) is 1. The molecular weight excluding hydrogens is 222 g/mol. The van der Waals surface area contributed by atoms with Gasteiger partial charge in [-0.1, -0.05) is 13.8 Å². The van der Waals surface area contributed by atoms with Gasteiger partial charge in [-0.25, -0.2) is 4.98 Å². The molecule has 0 aliphatic carbocycles. The van der Waals surface area contributed by atoms with E-state index >= 15 is 0 Å². The summed E-state index contributed by atoms with van der Waals surface area (Å²) in [5.74, 6) is 1.85. The number of piperidine rings is 1. The molecule has 2 heterocycles. The van der Waals surface area contributed by atoms with E-state index in [1.807, 2.05) is 6.20 Å². The summed E-state index contributed by atoms with van der Waals surface area (Å²) in [6, 6.07) is 4.35. The Morgan fingerprint density at radius 3 is 2.78 bits per heavy atom. The van der Waals surface area contributed by atoms with Crippen molar-refractivity contribution in [3.8, 4) is 0 Å².